The maximum absolute atomic E-state index is 12.2. The van der Waals surface area contributed by atoms with Gasteiger partial charge < -0.3 is 20.7 Å². The summed E-state index contributed by atoms with van der Waals surface area (Å²) >= 11 is 0. The van der Waals surface area contributed by atoms with Gasteiger partial charge in [-0.2, -0.15) is 0 Å². The summed E-state index contributed by atoms with van der Waals surface area (Å²) in [6.45, 7) is 6.70. The molecule has 26 heavy (non-hydrogen) atoms. The summed E-state index contributed by atoms with van der Waals surface area (Å²) in [7, 11) is 1.77. The number of benzene rings is 1. The third-order valence-electron chi connectivity index (χ3n) is 4.35. The van der Waals surface area contributed by atoms with Crippen LogP contribution in [0.5, 0.6) is 0 Å². The number of anilines is 1. The fourth-order valence-corrected chi connectivity index (χ4v) is 2.89. The van der Waals surface area contributed by atoms with Gasteiger partial charge in [0.25, 0.3) is 5.91 Å². The second-order valence-corrected chi connectivity index (χ2v) is 7.08. The summed E-state index contributed by atoms with van der Waals surface area (Å²) in [5.41, 5.74) is 1.88. The number of rotatable bonds is 8. The number of guanidine groups is 1. The fraction of sp³-hybridized carbons (Fsp3) is 0.600. The number of ether oxygens (including phenoxy) is 1. The summed E-state index contributed by atoms with van der Waals surface area (Å²) in [6.07, 6.45) is 3.77. The molecule has 6 nitrogen and oxygen atoms in total. The third-order valence-corrected chi connectivity index (χ3v) is 4.35. The van der Waals surface area contributed by atoms with Crippen LogP contribution in [0, 0.1) is 5.92 Å². The van der Waals surface area contributed by atoms with E-state index in [4.69, 9.17) is 4.74 Å². The van der Waals surface area contributed by atoms with E-state index in [-0.39, 0.29) is 12.0 Å². The number of nitrogens with zero attached hydrogens (tertiary/aromatic N) is 1. The van der Waals surface area contributed by atoms with Crippen LogP contribution in [0.4, 0.5) is 5.69 Å². The molecule has 1 aliphatic heterocycles. The second-order valence-electron chi connectivity index (χ2n) is 7.08. The van der Waals surface area contributed by atoms with Crippen LogP contribution in [0.15, 0.2) is 29.3 Å². The molecule has 1 saturated heterocycles. The smallest absolute Gasteiger partial charge is 0.253 e. The van der Waals surface area contributed by atoms with Gasteiger partial charge >= 0.3 is 0 Å². The highest BCUT2D eigenvalue weighted by Gasteiger charge is 2.23. The fourth-order valence-electron chi connectivity index (χ4n) is 2.89. The molecule has 1 fully saturated rings. The van der Waals surface area contributed by atoms with Crippen LogP contribution in [-0.4, -0.2) is 38.2 Å². The number of carbonyl (C=O) groups excluding carboxylic acids is 1. The van der Waals surface area contributed by atoms with Gasteiger partial charge in [0, 0.05) is 32.4 Å². The minimum absolute atomic E-state index is 0.0600. The van der Waals surface area contributed by atoms with Gasteiger partial charge in [-0.15, -0.1) is 0 Å². The minimum Gasteiger partial charge on any atom is -0.368 e. The standard InChI is InChI=1S/C20H32N4O2/c1-15(2)7-5-11-22-20(21-3)23-14-16-8-4-9-17(13-16)24-19(25)18-10-6-12-26-18/h4,8-9,13,15,18H,5-7,10-12,14H2,1-3H3,(H,24,25)(H2,21,22,23). The lowest BCUT2D eigenvalue weighted by Gasteiger charge is -2.14. The summed E-state index contributed by atoms with van der Waals surface area (Å²) in [4.78, 5) is 16.4. The molecule has 1 heterocycles. The molecule has 1 aromatic carbocycles. The highest BCUT2D eigenvalue weighted by molar-refractivity contribution is 5.94. The van der Waals surface area contributed by atoms with Crippen LogP contribution in [0.3, 0.4) is 0 Å². The molecule has 3 N–H and O–H groups in total. The van der Waals surface area contributed by atoms with E-state index in [1.807, 2.05) is 24.3 Å². The topological polar surface area (TPSA) is 74.8 Å². The minimum atomic E-state index is -0.314. The molecule has 0 bridgehead atoms. The van der Waals surface area contributed by atoms with Crippen LogP contribution in [-0.2, 0) is 16.1 Å². The van der Waals surface area contributed by atoms with Gasteiger partial charge in [0.1, 0.15) is 6.10 Å². The molecule has 0 saturated carbocycles. The van der Waals surface area contributed by atoms with Crippen molar-refractivity contribution < 1.29 is 9.53 Å². The van der Waals surface area contributed by atoms with Crippen molar-refractivity contribution in [3.05, 3.63) is 29.8 Å². The Morgan fingerprint density at radius 3 is 2.88 bits per heavy atom. The van der Waals surface area contributed by atoms with Crippen molar-refractivity contribution in [2.24, 2.45) is 10.9 Å². The molecular formula is C20H32N4O2. The van der Waals surface area contributed by atoms with Gasteiger partial charge in [-0.1, -0.05) is 26.0 Å². The first kappa shape index (κ1) is 20.2. The van der Waals surface area contributed by atoms with Crippen molar-refractivity contribution in [1.82, 2.24) is 10.6 Å². The van der Waals surface area contributed by atoms with E-state index in [1.165, 1.54) is 6.42 Å². The summed E-state index contributed by atoms with van der Waals surface area (Å²) in [6, 6.07) is 7.85. The maximum Gasteiger partial charge on any atom is 0.253 e. The average molecular weight is 361 g/mol. The first-order valence-electron chi connectivity index (χ1n) is 9.54. The highest BCUT2D eigenvalue weighted by atomic mass is 16.5. The Morgan fingerprint density at radius 2 is 2.19 bits per heavy atom. The molecule has 0 aromatic heterocycles. The first-order chi connectivity index (χ1) is 12.6. The van der Waals surface area contributed by atoms with Crippen LogP contribution < -0.4 is 16.0 Å². The van der Waals surface area contributed by atoms with Crippen LogP contribution in [0.2, 0.25) is 0 Å². The molecule has 144 valence electrons. The number of aliphatic imine (C=N–C) groups is 1. The molecule has 1 aromatic rings. The number of carbonyl (C=O) groups is 1. The Labute approximate surface area is 156 Å². The molecule has 1 unspecified atom stereocenters. The van der Waals surface area contributed by atoms with Crippen LogP contribution in [0.1, 0.15) is 45.1 Å². The first-order valence-corrected chi connectivity index (χ1v) is 9.54. The molecule has 1 aliphatic rings. The van der Waals surface area contributed by atoms with E-state index in [9.17, 15) is 4.79 Å². The van der Waals surface area contributed by atoms with E-state index in [1.54, 1.807) is 7.05 Å². The van der Waals surface area contributed by atoms with Gasteiger partial charge in [0.05, 0.1) is 0 Å². The van der Waals surface area contributed by atoms with E-state index < -0.39 is 0 Å². The van der Waals surface area contributed by atoms with Crippen molar-refractivity contribution in [3.8, 4) is 0 Å². The highest BCUT2D eigenvalue weighted by Crippen LogP contribution is 2.16. The van der Waals surface area contributed by atoms with E-state index >= 15 is 0 Å². The Hall–Kier alpha value is -2.08. The third kappa shape index (κ3) is 7.04. The van der Waals surface area contributed by atoms with Crippen molar-refractivity contribution in [2.75, 3.05) is 25.5 Å². The second kappa shape index (κ2) is 10.8. The zero-order valence-electron chi connectivity index (χ0n) is 16.2. The van der Waals surface area contributed by atoms with Gasteiger partial charge in [-0.3, -0.25) is 9.79 Å². The molecule has 0 spiro atoms. The predicted octanol–water partition coefficient (Wildman–Crippen LogP) is 2.91. The molecule has 1 atom stereocenters. The lowest BCUT2D eigenvalue weighted by Crippen LogP contribution is -2.37. The largest absolute Gasteiger partial charge is 0.368 e. The maximum atomic E-state index is 12.2. The Balaban J connectivity index is 1.78. The monoisotopic (exact) mass is 360 g/mol. The van der Waals surface area contributed by atoms with Crippen LogP contribution in [0.25, 0.3) is 0 Å². The Bertz CT molecular complexity index is 595. The number of amides is 1. The number of nitrogens with one attached hydrogen (secondary N) is 3. The van der Waals surface area contributed by atoms with Crippen molar-refractivity contribution in [2.45, 2.75) is 52.2 Å². The zero-order valence-corrected chi connectivity index (χ0v) is 16.2. The van der Waals surface area contributed by atoms with Crippen LogP contribution >= 0.6 is 0 Å². The van der Waals surface area contributed by atoms with Crippen molar-refractivity contribution in [1.29, 1.82) is 0 Å². The van der Waals surface area contributed by atoms with E-state index in [0.717, 1.165) is 48.9 Å². The van der Waals surface area contributed by atoms with E-state index in [0.29, 0.717) is 13.2 Å². The van der Waals surface area contributed by atoms with Crippen molar-refractivity contribution >= 4 is 17.6 Å². The van der Waals surface area contributed by atoms with Gasteiger partial charge in [0.15, 0.2) is 5.96 Å². The number of hydrogen-bond donors (Lipinski definition) is 3. The molecule has 2 rings (SSSR count). The molecule has 6 heteroatoms. The zero-order chi connectivity index (χ0) is 18.8. The lowest BCUT2D eigenvalue weighted by molar-refractivity contribution is -0.124. The van der Waals surface area contributed by atoms with Gasteiger partial charge in [0.2, 0.25) is 0 Å². The van der Waals surface area contributed by atoms with Gasteiger partial charge in [-0.25, -0.2) is 0 Å². The normalized spacial score (nSPS) is 17.4. The average Bonchev–Trinajstić information content (AvgIpc) is 3.16. The lowest BCUT2D eigenvalue weighted by atomic mass is 10.1. The summed E-state index contributed by atoms with van der Waals surface area (Å²) in [5, 5.41) is 9.58. The SMILES string of the molecule is CN=C(NCCCC(C)C)NCc1cccc(NC(=O)C2CCCO2)c1. The Kier molecular flexibility index (Phi) is 8.41. The summed E-state index contributed by atoms with van der Waals surface area (Å²) < 4.78 is 5.42. The molecule has 1 amide bonds. The summed E-state index contributed by atoms with van der Waals surface area (Å²) in [5.74, 6) is 1.46. The van der Waals surface area contributed by atoms with E-state index in [2.05, 4.69) is 34.8 Å². The molecule has 0 aliphatic carbocycles. The quantitative estimate of drug-likeness (QED) is 0.379. The molecule has 0 radical (unpaired) electrons. The van der Waals surface area contributed by atoms with Crippen molar-refractivity contribution in [3.63, 3.8) is 0 Å². The predicted molar refractivity (Wildman–Crippen MR) is 106 cm³/mol. The number of hydrogen-bond acceptors (Lipinski definition) is 3. The molecular weight excluding hydrogens is 328 g/mol. The Morgan fingerprint density at radius 1 is 1.35 bits per heavy atom. The van der Waals surface area contributed by atoms with Gasteiger partial charge in [-0.05, 0) is 49.3 Å².